The average Bonchev–Trinajstić information content (AvgIpc) is 3.51. The molecular weight excluding hydrogens is 518 g/mol. The summed E-state index contributed by atoms with van der Waals surface area (Å²) in [6.07, 6.45) is 3.39. The number of aromatic nitrogens is 5. The van der Waals surface area contributed by atoms with Gasteiger partial charge in [0.15, 0.2) is 11.2 Å². The standard InChI is InChI=1S/C27H31N7O4S/c1-4-14-30-39(37,38)20-11-9-18(10-12-20)17-34-23-24(32(2)27(36)33(3)25(23)35)31-26(34)28-15-13-19-16-29-22-8-6-5-7-21(19)22/h5-12,16,29-30H,4,13-15,17H2,1-3H3,(H,28,31). The maximum atomic E-state index is 13.2. The van der Waals surface area contributed by atoms with Gasteiger partial charge in [0.2, 0.25) is 16.0 Å². The summed E-state index contributed by atoms with van der Waals surface area (Å²) in [4.78, 5) is 33.8. The molecule has 3 heterocycles. The van der Waals surface area contributed by atoms with E-state index in [9.17, 15) is 18.0 Å². The third kappa shape index (κ3) is 5.00. The van der Waals surface area contributed by atoms with Gasteiger partial charge in [-0.05, 0) is 42.2 Å². The smallest absolute Gasteiger partial charge is 0.332 e. The molecule has 0 saturated carbocycles. The predicted octanol–water partition coefficient (Wildman–Crippen LogP) is 2.31. The first-order valence-electron chi connectivity index (χ1n) is 12.7. The van der Waals surface area contributed by atoms with Crippen LogP contribution in [0.2, 0.25) is 0 Å². The summed E-state index contributed by atoms with van der Waals surface area (Å²) in [5.74, 6) is 0.449. The fourth-order valence-corrected chi connectivity index (χ4v) is 5.79. The Morgan fingerprint density at radius 2 is 1.72 bits per heavy atom. The lowest BCUT2D eigenvalue weighted by Crippen LogP contribution is -2.37. The summed E-state index contributed by atoms with van der Waals surface area (Å²) in [7, 11) is -0.569. The van der Waals surface area contributed by atoms with Crippen LogP contribution in [0.15, 0.2) is 69.2 Å². The molecule has 0 amide bonds. The van der Waals surface area contributed by atoms with Crippen LogP contribution in [0, 0.1) is 0 Å². The van der Waals surface area contributed by atoms with Crippen LogP contribution in [0.3, 0.4) is 0 Å². The molecule has 204 valence electrons. The first-order valence-corrected chi connectivity index (χ1v) is 14.2. The van der Waals surface area contributed by atoms with Crippen LogP contribution in [-0.4, -0.2) is 45.2 Å². The van der Waals surface area contributed by atoms with Gasteiger partial charge in [-0.15, -0.1) is 0 Å². The van der Waals surface area contributed by atoms with Gasteiger partial charge in [-0.3, -0.25) is 18.5 Å². The largest absolute Gasteiger partial charge is 0.361 e. The molecule has 0 atom stereocenters. The topological polar surface area (TPSA) is 136 Å². The summed E-state index contributed by atoms with van der Waals surface area (Å²) in [5.41, 5.74) is 2.64. The van der Waals surface area contributed by atoms with Crippen LogP contribution in [0.25, 0.3) is 22.1 Å². The number of para-hydroxylation sites is 1. The highest BCUT2D eigenvalue weighted by atomic mass is 32.2. The van der Waals surface area contributed by atoms with Gasteiger partial charge in [0.1, 0.15) is 0 Å². The average molecular weight is 550 g/mol. The molecule has 2 aromatic carbocycles. The Labute approximate surface area is 225 Å². The fraction of sp³-hybridized carbons (Fsp3) is 0.296. The Bertz CT molecular complexity index is 1880. The van der Waals surface area contributed by atoms with Crippen LogP contribution in [0.4, 0.5) is 5.95 Å². The summed E-state index contributed by atoms with van der Waals surface area (Å²) in [6.45, 7) is 3.05. The number of H-pyrrole nitrogens is 1. The number of imidazole rings is 1. The Morgan fingerprint density at radius 3 is 2.46 bits per heavy atom. The van der Waals surface area contributed by atoms with Crippen molar-refractivity contribution in [3.63, 3.8) is 0 Å². The molecule has 3 N–H and O–H groups in total. The summed E-state index contributed by atoms with van der Waals surface area (Å²) >= 11 is 0. The normalized spacial score (nSPS) is 12.0. The minimum Gasteiger partial charge on any atom is -0.361 e. The molecule has 0 unspecified atom stereocenters. The van der Waals surface area contributed by atoms with Crippen molar-refractivity contribution < 1.29 is 8.42 Å². The van der Waals surface area contributed by atoms with Crippen molar-refractivity contribution in [3.05, 3.63) is 86.7 Å². The Hall–Kier alpha value is -4.16. The third-order valence-electron chi connectivity index (χ3n) is 6.82. The lowest BCUT2D eigenvalue weighted by molar-refractivity contribution is 0.580. The molecule has 0 aliphatic carbocycles. The zero-order valence-electron chi connectivity index (χ0n) is 22.1. The maximum absolute atomic E-state index is 13.2. The van der Waals surface area contributed by atoms with Gasteiger partial charge >= 0.3 is 5.69 Å². The molecule has 5 rings (SSSR count). The lowest BCUT2D eigenvalue weighted by Gasteiger charge is -2.12. The van der Waals surface area contributed by atoms with Crippen molar-refractivity contribution >= 4 is 38.0 Å². The predicted molar refractivity (Wildman–Crippen MR) is 152 cm³/mol. The maximum Gasteiger partial charge on any atom is 0.332 e. The molecule has 0 aliphatic heterocycles. The monoisotopic (exact) mass is 549 g/mol. The van der Waals surface area contributed by atoms with E-state index in [-0.39, 0.29) is 22.6 Å². The van der Waals surface area contributed by atoms with E-state index in [1.54, 1.807) is 35.9 Å². The van der Waals surface area contributed by atoms with E-state index in [1.165, 1.54) is 11.6 Å². The van der Waals surface area contributed by atoms with Gasteiger partial charge in [-0.2, -0.15) is 4.98 Å². The van der Waals surface area contributed by atoms with E-state index in [2.05, 4.69) is 26.1 Å². The molecule has 0 bridgehead atoms. The van der Waals surface area contributed by atoms with Crippen molar-refractivity contribution in [1.82, 2.24) is 28.4 Å². The Balaban J connectivity index is 1.48. The van der Waals surface area contributed by atoms with E-state index in [1.807, 2.05) is 31.3 Å². The molecule has 39 heavy (non-hydrogen) atoms. The van der Waals surface area contributed by atoms with Gasteiger partial charge in [0.05, 0.1) is 11.4 Å². The highest BCUT2D eigenvalue weighted by Gasteiger charge is 2.20. The number of nitrogens with one attached hydrogen (secondary N) is 3. The van der Waals surface area contributed by atoms with E-state index >= 15 is 0 Å². The number of nitrogens with zero attached hydrogens (tertiary/aromatic N) is 4. The number of aromatic amines is 1. The molecule has 0 saturated heterocycles. The number of fused-ring (bicyclic) bond motifs is 2. The van der Waals surface area contributed by atoms with Crippen molar-refractivity contribution in [3.8, 4) is 0 Å². The summed E-state index contributed by atoms with van der Waals surface area (Å²) in [6, 6.07) is 14.6. The highest BCUT2D eigenvalue weighted by molar-refractivity contribution is 7.89. The Kier molecular flexibility index (Phi) is 7.15. The molecule has 0 aliphatic rings. The molecular formula is C27H31N7O4S. The second kappa shape index (κ2) is 10.5. The van der Waals surface area contributed by atoms with Gasteiger partial charge in [-0.1, -0.05) is 37.3 Å². The minimum atomic E-state index is -3.59. The van der Waals surface area contributed by atoms with Crippen molar-refractivity contribution in [2.45, 2.75) is 31.2 Å². The number of rotatable bonds is 10. The third-order valence-corrected chi connectivity index (χ3v) is 8.29. The van der Waals surface area contributed by atoms with Crippen molar-refractivity contribution in [2.75, 3.05) is 18.4 Å². The summed E-state index contributed by atoms with van der Waals surface area (Å²) < 4.78 is 31.7. The van der Waals surface area contributed by atoms with Gasteiger partial charge in [0, 0.05) is 44.3 Å². The first-order chi connectivity index (χ1) is 18.7. The van der Waals surface area contributed by atoms with Crippen LogP contribution < -0.4 is 21.3 Å². The number of aryl methyl sites for hydroxylation is 1. The molecule has 12 heteroatoms. The molecule has 5 aromatic rings. The number of anilines is 1. The minimum absolute atomic E-state index is 0.172. The zero-order chi connectivity index (χ0) is 27.7. The SMILES string of the molecule is CCCNS(=O)(=O)c1ccc(Cn2c(NCCc3c[nH]c4ccccc34)nc3c2c(=O)n(C)c(=O)n3C)cc1. The molecule has 0 spiro atoms. The van der Waals surface area contributed by atoms with E-state index < -0.39 is 21.3 Å². The second-order valence-corrected chi connectivity index (χ2v) is 11.2. The zero-order valence-corrected chi connectivity index (χ0v) is 22.9. The van der Waals surface area contributed by atoms with E-state index in [0.717, 1.165) is 26.6 Å². The summed E-state index contributed by atoms with van der Waals surface area (Å²) in [5, 5.41) is 4.49. The highest BCUT2D eigenvalue weighted by Crippen LogP contribution is 2.21. The lowest BCUT2D eigenvalue weighted by atomic mass is 10.1. The van der Waals surface area contributed by atoms with E-state index in [4.69, 9.17) is 0 Å². The number of hydrogen-bond acceptors (Lipinski definition) is 6. The van der Waals surface area contributed by atoms with Crippen LogP contribution >= 0.6 is 0 Å². The van der Waals surface area contributed by atoms with Gasteiger partial charge in [0.25, 0.3) is 5.56 Å². The molecule has 11 nitrogen and oxygen atoms in total. The number of hydrogen-bond donors (Lipinski definition) is 3. The first kappa shape index (κ1) is 26.4. The van der Waals surface area contributed by atoms with Crippen LogP contribution in [0.1, 0.15) is 24.5 Å². The number of sulfonamides is 1. The van der Waals surface area contributed by atoms with Crippen LogP contribution in [0.5, 0.6) is 0 Å². The van der Waals surface area contributed by atoms with E-state index in [0.29, 0.717) is 31.9 Å². The van der Waals surface area contributed by atoms with Crippen molar-refractivity contribution in [2.24, 2.45) is 14.1 Å². The second-order valence-electron chi connectivity index (χ2n) is 9.48. The molecule has 0 radical (unpaired) electrons. The van der Waals surface area contributed by atoms with Gasteiger partial charge < -0.3 is 10.3 Å². The van der Waals surface area contributed by atoms with Crippen LogP contribution in [-0.2, 0) is 37.1 Å². The molecule has 0 fully saturated rings. The number of benzene rings is 2. The van der Waals surface area contributed by atoms with Gasteiger partial charge in [-0.25, -0.2) is 17.9 Å². The quantitative estimate of drug-likeness (QED) is 0.245. The van der Waals surface area contributed by atoms with Crippen molar-refractivity contribution in [1.29, 1.82) is 0 Å². The Morgan fingerprint density at radius 1 is 0.974 bits per heavy atom. The fourth-order valence-electron chi connectivity index (χ4n) is 4.66. The molecule has 3 aromatic heterocycles.